The Hall–Kier alpha value is -9.38. The predicted octanol–water partition coefficient (Wildman–Crippen LogP) is 17.4. The average molecular weight is 887 g/mol. The number of rotatable bonds is 4. The molecule has 0 fully saturated rings. The molecule has 0 unspecified atom stereocenters. The largest absolute Gasteiger partial charge is 0.309 e. The number of benzene rings is 12. The van der Waals surface area contributed by atoms with Crippen molar-refractivity contribution in [3.63, 3.8) is 0 Å². The molecule has 1 aliphatic carbocycles. The summed E-state index contributed by atoms with van der Waals surface area (Å²) in [5.74, 6) is 0.727. The van der Waals surface area contributed by atoms with E-state index in [0.29, 0.717) is 0 Å². The minimum Gasteiger partial charge on any atom is -0.309 e. The third kappa shape index (κ3) is 5.14. The first-order valence-corrected chi connectivity index (χ1v) is 24.1. The quantitative estimate of drug-likeness (QED) is 0.176. The van der Waals surface area contributed by atoms with Gasteiger partial charge in [0.15, 0.2) is 5.82 Å². The van der Waals surface area contributed by atoms with Gasteiger partial charge in [0.25, 0.3) is 0 Å². The van der Waals surface area contributed by atoms with Crippen molar-refractivity contribution in [3.05, 3.63) is 231 Å². The van der Waals surface area contributed by atoms with Crippen molar-refractivity contribution in [2.75, 3.05) is 0 Å². The molecule has 4 heteroatoms. The second kappa shape index (κ2) is 14.1. The fourth-order valence-electron chi connectivity index (χ4n) is 12.2. The number of nitrogens with zero attached hydrogens (tertiary/aromatic N) is 4. The molecule has 0 atom stereocenters. The molecule has 3 heterocycles. The maximum atomic E-state index is 5.55. The minimum absolute atomic E-state index is 0.727. The van der Waals surface area contributed by atoms with Crippen LogP contribution in [-0.2, 0) is 0 Å². The Morgan fingerprint density at radius 1 is 0.271 bits per heavy atom. The molecule has 0 saturated heterocycles. The molecular weight excluding hydrogens is 849 g/mol. The summed E-state index contributed by atoms with van der Waals surface area (Å²) < 4.78 is 4.91. The lowest BCUT2D eigenvalue weighted by atomic mass is 9.96. The molecule has 0 aliphatic heterocycles. The summed E-state index contributed by atoms with van der Waals surface area (Å²) in [4.78, 5) is 10.8. The molecule has 322 valence electrons. The van der Waals surface area contributed by atoms with E-state index in [0.717, 1.165) is 55.7 Å². The topological polar surface area (TPSA) is 35.6 Å². The van der Waals surface area contributed by atoms with Crippen LogP contribution in [-0.4, -0.2) is 19.1 Å². The van der Waals surface area contributed by atoms with Gasteiger partial charge in [-0.3, -0.25) is 0 Å². The Bertz CT molecular complexity index is 4750. The van der Waals surface area contributed by atoms with Crippen molar-refractivity contribution >= 4 is 97.6 Å². The van der Waals surface area contributed by atoms with E-state index in [2.05, 4.69) is 240 Å². The molecule has 0 bridgehead atoms. The Kier molecular flexibility index (Phi) is 7.58. The van der Waals surface area contributed by atoms with Crippen LogP contribution in [0.15, 0.2) is 231 Å². The van der Waals surface area contributed by atoms with Crippen LogP contribution in [0.25, 0.3) is 154 Å². The predicted molar refractivity (Wildman–Crippen MR) is 294 cm³/mol. The highest BCUT2D eigenvalue weighted by atomic mass is 15.0. The summed E-state index contributed by atoms with van der Waals surface area (Å²) in [6.45, 7) is 0. The molecule has 0 saturated carbocycles. The molecule has 0 radical (unpaired) electrons. The third-order valence-electron chi connectivity index (χ3n) is 15.2. The second-order valence-electron chi connectivity index (χ2n) is 18.8. The van der Waals surface area contributed by atoms with E-state index in [9.17, 15) is 0 Å². The standard InChI is InChI=1S/C66H38N4/c1-2-15-43-39(14-1)29-34-61-64(43)55-22-9-12-27-59(55)69(61)42-30-28-40-38-62-56(37-41(40)36-42)48-20-8-11-26-58(48)70(62)60-35-33-52(46-18-5-6-19-47(46)60)65-54-21-7-10-25-57(54)67-66(68-65)53-32-31-51-45-17-4-3-16-44(45)49-23-13-24-50(53)63(49)51/h1-38H. The monoisotopic (exact) mass is 886 g/mol. The summed E-state index contributed by atoms with van der Waals surface area (Å²) >= 11 is 0. The lowest BCUT2D eigenvalue weighted by Gasteiger charge is -2.17. The number of fused-ring (bicyclic) bond motifs is 14. The Labute approximate surface area is 401 Å². The van der Waals surface area contributed by atoms with Crippen molar-refractivity contribution < 1.29 is 0 Å². The molecule has 0 amide bonds. The van der Waals surface area contributed by atoms with Crippen LogP contribution in [0.4, 0.5) is 0 Å². The summed E-state index contributed by atoms with van der Waals surface area (Å²) in [5, 5.41) is 15.7. The first kappa shape index (κ1) is 37.7. The number of aromatic nitrogens is 4. The molecule has 0 N–H and O–H groups in total. The number of hydrogen-bond donors (Lipinski definition) is 0. The van der Waals surface area contributed by atoms with Gasteiger partial charge in [0.2, 0.25) is 0 Å². The Morgan fingerprint density at radius 2 is 0.900 bits per heavy atom. The molecule has 16 rings (SSSR count). The van der Waals surface area contributed by atoms with Crippen molar-refractivity contribution in [3.8, 4) is 56.3 Å². The van der Waals surface area contributed by atoms with Crippen LogP contribution in [0.3, 0.4) is 0 Å². The van der Waals surface area contributed by atoms with Gasteiger partial charge in [-0.05, 0) is 121 Å². The smallest absolute Gasteiger partial charge is 0.161 e. The molecule has 4 nitrogen and oxygen atoms in total. The van der Waals surface area contributed by atoms with Gasteiger partial charge in [0, 0.05) is 49.1 Å². The van der Waals surface area contributed by atoms with Gasteiger partial charge in [-0.2, -0.15) is 0 Å². The van der Waals surface area contributed by atoms with E-state index in [1.165, 1.54) is 98.2 Å². The fraction of sp³-hybridized carbons (Fsp3) is 0. The zero-order chi connectivity index (χ0) is 45.6. The van der Waals surface area contributed by atoms with E-state index in [4.69, 9.17) is 9.97 Å². The molecule has 1 aliphatic rings. The minimum atomic E-state index is 0.727. The summed E-state index contributed by atoms with van der Waals surface area (Å²) in [6, 6.07) is 84.4. The van der Waals surface area contributed by atoms with Crippen molar-refractivity contribution in [2.24, 2.45) is 0 Å². The molecule has 3 aromatic heterocycles. The Morgan fingerprint density at radius 3 is 1.76 bits per heavy atom. The van der Waals surface area contributed by atoms with Gasteiger partial charge >= 0.3 is 0 Å². The second-order valence-corrected chi connectivity index (χ2v) is 18.8. The van der Waals surface area contributed by atoms with Gasteiger partial charge in [0.05, 0.1) is 39.0 Å². The van der Waals surface area contributed by atoms with Crippen LogP contribution >= 0.6 is 0 Å². The van der Waals surface area contributed by atoms with E-state index in [1.54, 1.807) is 0 Å². The lowest BCUT2D eigenvalue weighted by molar-refractivity contribution is 1.19. The molecular formula is C66H38N4. The first-order chi connectivity index (χ1) is 34.7. The number of para-hydroxylation sites is 3. The van der Waals surface area contributed by atoms with Crippen molar-refractivity contribution in [2.45, 2.75) is 0 Å². The van der Waals surface area contributed by atoms with Gasteiger partial charge in [0.1, 0.15) is 0 Å². The van der Waals surface area contributed by atoms with Crippen LogP contribution < -0.4 is 0 Å². The highest BCUT2D eigenvalue weighted by Crippen LogP contribution is 2.50. The maximum absolute atomic E-state index is 5.55. The van der Waals surface area contributed by atoms with Gasteiger partial charge < -0.3 is 9.13 Å². The summed E-state index contributed by atoms with van der Waals surface area (Å²) in [6.07, 6.45) is 0. The fourth-order valence-corrected chi connectivity index (χ4v) is 12.2. The summed E-state index contributed by atoms with van der Waals surface area (Å²) in [7, 11) is 0. The third-order valence-corrected chi connectivity index (χ3v) is 15.2. The van der Waals surface area contributed by atoms with Crippen LogP contribution in [0, 0.1) is 0 Å². The van der Waals surface area contributed by atoms with Crippen LogP contribution in [0.1, 0.15) is 0 Å². The molecule has 12 aromatic carbocycles. The van der Waals surface area contributed by atoms with Gasteiger partial charge in [-0.1, -0.05) is 170 Å². The van der Waals surface area contributed by atoms with Crippen LogP contribution in [0.5, 0.6) is 0 Å². The van der Waals surface area contributed by atoms with Crippen molar-refractivity contribution in [1.29, 1.82) is 0 Å². The molecule has 70 heavy (non-hydrogen) atoms. The maximum Gasteiger partial charge on any atom is 0.161 e. The molecule has 0 spiro atoms. The Balaban J connectivity index is 0.881. The SMILES string of the molecule is c1ccc2c(c1)-c1cccc3c(-c4nc(-c5ccc(-n6c7ccccc7c7cc8cc(-n9c%10ccccc%10c%10c%11ccccc%11ccc%109)ccc8cc76)c6ccccc56)c5ccccc5n4)ccc-2c13. The first-order valence-electron chi connectivity index (χ1n) is 24.1. The zero-order valence-electron chi connectivity index (χ0n) is 37.7. The van der Waals surface area contributed by atoms with E-state index < -0.39 is 0 Å². The van der Waals surface area contributed by atoms with Crippen molar-refractivity contribution in [1.82, 2.24) is 19.1 Å². The van der Waals surface area contributed by atoms with Gasteiger partial charge in [-0.25, -0.2) is 9.97 Å². The van der Waals surface area contributed by atoms with Gasteiger partial charge in [-0.15, -0.1) is 0 Å². The van der Waals surface area contributed by atoms with E-state index in [1.807, 2.05) is 0 Å². The normalized spacial score (nSPS) is 12.3. The highest BCUT2D eigenvalue weighted by molar-refractivity contribution is 6.22. The van der Waals surface area contributed by atoms with E-state index in [-0.39, 0.29) is 0 Å². The van der Waals surface area contributed by atoms with E-state index >= 15 is 0 Å². The highest BCUT2D eigenvalue weighted by Gasteiger charge is 2.25. The summed E-state index contributed by atoms with van der Waals surface area (Å²) in [5.41, 5.74) is 16.1. The molecule has 15 aromatic rings. The zero-order valence-corrected chi connectivity index (χ0v) is 37.7. The number of hydrogen-bond acceptors (Lipinski definition) is 2. The van der Waals surface area contributed by atoms with Crippen LogP contribution in [0.2, 0.25) is 0 Å². The lowest BCUT2D eigenvalue weighted by Crippen LogP contribution is -1.99. The average Bonchev–Trinajstić information content (AvgIpc) is 4.06.